The number of halogens is 1. The lowest BCUT2D eigenvalue weighted by Crippen LogP contribution is -2.09. The van der Waals surface area contributed by atoms with Crippen LogP contribution in [0.4, 0.5) is 0 Å². The lowest BCUT2D eigenvalue weighted by Gasteiger charge is -2.12. The maximum absolute atomic E-state index is 11.0. The second kappa shape index (κ2) is 3.28. The molecule has 3 heteroatoms. The molecule has 0 N–H and O–H groups in total. The predicted molar refractivity (Wildman–Crippen MR) is 55.0 cm³/mol. The fourth-order valence-electron chi connectivity index (χ4n) is 1.66. The zero-order valence-corrected chi connectivity index (χ0v) is 8.67. The van der Waals surface area contributed by atoms with Gasteiger partial charge in [-0.25, -0.2) is 0 Å². The summed E-state index contributed by atoms with van der Waals surface area (Å²) in [5, 5.41) is 0.632. The van der Waals surface area contributed by atoms with Gasteiger partial charge < -0.3 is 9.53 Å². The smallest absolute Gasteiger partial charge is 0.130 e. The van der Waals surface area contributed by atoms with E-state index in [0.29, 0.717) is 10.8 Å². The Morgan fingerprint density at radius 1 is 1.50 bits per heavy atom. The largest absolute Gasteiger partial charge is 0.496 e. The molecule has 0 saturated heterocycles. The van der Waals surface area contributed by atoms with Crippen LogP contribution in [0.25, 0.3) is 0 Å². The van der Waals surface area contributed by atoms with Crippen molar-refractivity contribution >= 4 is 17.9 Å². The van der Waals surface area contributed by atoms with Crippen molar-refractivity contribution in [1.82, 2.24) is 0 Å². The number of hydrogen-bond acceptors (Lipinski definition) is 2. The number of hydrogen-bond donors (Lipinski definition) is 0. The van der Waals surface area contributed by atoms with Crippen LogP contribution in [0.2, 0.25) is 5.02 Å². The highest BCUT2D eigenvalue weighted by molar-refractivity contribution is 6.30. The van der Waals surface area contributed by atoms with E-state index in [2.05, 4.69) is 0 Å². The normalized spacial score (nSPS) is 17.6. The second-order valence-electron chi connectivity index (χ2n) is 3.62. The fraction of sp³-hybridized carbons (Fsp3) is 0.364. The van der Waals surface area contributed by atoms with Crippen molar-refractivity contribution in [2.24, 2.45) is 0 Å². The molecule has 2 nitrogen and oxygen atoms in total. The van der Waals surface area contributed by atoms with Gasteiger partial charge >= 0.3 is 0 Å². The summed E-state index contributed by atoms with van der Waals surface area (Å²) < 4.78 is 5.21. The van der Waals surface area contributed by atoms with Crippen LogP contribution in [0, 0.1) is 0 Å². The molecule has 0 heterocycles. The summed E-state index contributed by atoms with van der Waals surface area (Å²) in [6, 6.07) is 5.42. The maximum atomic E-state index is 11.0. The van der Waals surface area contributed by atoms with Gasteiger partial charge in [-0.2, -0.15) is 0 Å². The molecule has 0 aliphatic heterocycles. The van der Waals surface area contributed by atoms with Crippen molar-refractivity contribution in [2.45, 2.75) is 18.3 Å². The molecule has 1 aliphatic rings. The van der Waals surface area contributed by atoms with Crippen molar-refractivity contribution in [3.05, 3.63) is 28.8 Å². The fourth-order valence-corrected chi connectivity index (χ4v) is 1.82. The van der Waals surface area contributed by atoms with Gasteiger partial charge in [-0.1, -0.05) is 17.7 Å². The van der Waals surface area contributed by atoms with E-state index in [9.17, 15) is 4.79 Å². The molecule has 0 bridgehead atoms. The lowest BCUT2D eigenvalue weighted by atomic mass is 9.97. The van der Waals surface area contributed by atoms with E-state index < -0.39 is 0 Å². The van der Waals surface area contributed by atoms with E-state index >= 15 is 0 Å². The molecular weight excluding hydrogens is 200 g/mol. The average Bonchev–Trinajstić information content (AvgIpc) is 2.98. The Hall–Kier alpha value is -1.02. The quantitative estimate of drug-likeness (QED) is 0.717. The Morgan fingerprint density at radius 3 is 2.71 bits per heavy atom. The number of carbonyl (C=O) groups is 1. The Kier molecular flexibility index (Phi) is 2.23. The van der Waals surface area contributed by atoms with E-state index in [-0.39, 0.29) is 5.41 Å². The Bertz CT molecular complexity index is 370. The number of aldehydes is 1. The van der Waals surface area contributed by atoms with Crippen molar-refractivity contribution in [3.8, 4) is 5.75 Å². The van der Waals surface area contributed by atoms with Gasteiger partial charge in [-0.3, -0.25) is 0 Å². The molecule has 0 spiro atoms. The molecule has 1 fully saturated rings. The number of ether oxygens (including phenoxy) is 1. The van der Waals surface area contributed by atoms with Gasteiger partial charge in [0.2, 0.25) is 0 Å². The number of rotatable bonds is 3. The minimum absolute atomic E-state index is 0.296. The molecule has 14 heavy (non-hydrogen) atoms. The molecule has 1 aliphatic carbocycles. The first kappa shape index (κ1) is 9.53. The zero-order valence-electron chi connectivity index (χ0n) is 7.92. The monoisotopic (exact) mass is 210 g/mol. The van der Waals surface area contributed by atoms with Gasteiger partial charge in [0.05, 0.1) is 12.5 Å². The number of methoxy groups -OCH3 is 1. The molecule has 0 atom stereocenters. The highest BCUT2D eigenvalue weighted by atomic mass is 35.5. The lowest BCUT2D eigenvalue weighted by molar-refractivity contribution is -0.109. The molecule has 74 valence electrons. The summed E-state index contributed by atoms with van der Waals surface area (Å²) in [5.74, 6) is 0.710. The van der Waals surface area contributed by atoms with Crippen LogP contribution in [0.1, 0.15) is 18.4 Å². The van der Waals surface area contributed by atoms with Crippen molar-refractivity contribution in [1.29, 1.82) is 0 Å². The molecule has 1 aromatic carbocycles. The van der Waals surface area contributed by atoms with Crippen LogP contribution in [0.15, 0.2) is 18.2 Å². The van der Waals surface area contributed by atoms with Crippen molar-refractivity contribution in [2.75, 3.05) is 7.11 Å². The van der Waals surface area contributed by atoms with Crippen LogP contribution >= 0.6 is 11.6 Å². The first-order chi connectivity index (χ1) is 6.72. The summed E-state index contributed by atoms with van der Waals surface area (Å²) in [5.41, 5.74) is 0.662. The van der Waals surface area contributed by atoms with Crippen LogP contribution in [0.3, 0.4) is 0 Å². The first-order valence-corrected chi connectivity index (χ1v) is 4.90. The van der Waals surface area contributed by atoms with Crippen LogP contribution in [-0.2, 0) is 10.2 Å². The number of benzene rings is 1. The van der Waals surface area contributed by atoms with Crippen molar-refractivity contribution in [3.63, 3.8) is 0 Å². The van der Waals surface area contributed by atoms with E-state index in [4.69, 9.17) is 16.3 Å². The SMILES string of the molecule is COc1cc(Cl)ccc1C1(C=O)CC1. The van der Waals surface area contributed by atoms with Gasteiger partial charge in [-0.15, -0.1) is 0 Å². The van der Waals surface area contributed by atoms with E-state index in [1.54, 1.807) is 19.2 Å². The third-order valence-electron chi connectivity index (χ3n) is 2.71. The van der Waals surface area contributed by atoms with Gasteiger partial charge in [0.25, 0.3) is 0 Å². The molecule has 0 radical (unpaired) electrons. The minimum Gasteiger partial charge on any atom is -0.496 e. The van der Waals surface area contributed by atoms with Gasteiger partial charge in [0, 0.05) is 10.6 Å². The van der Waals surface area contributed by atoms with E-state index in [1.807, 2.05) is 6.07 Å². The molecular formula is C11H11ClO2. The summed E-state index contributed by atoms with van der Waals surface area (Å²) in [6.45, 7) is 0. The van der Waals surface area contributed by atoms with E-state index in [1.165, 1.54) is 0 Å². The minimum atomic E-state index is -0.296. The molecule has 1 aromatic rings. The molecule has 0 amide bonds. The summed E-state index contributed by atoms with van der Waals surface area (Å²) in [7, 11) is 1.59. The van der Waals surface area contributed by atoms with Crippen LogP contribution < -0.4 is 4.74 Å². The van der Waals surface area contributed by atoms with Gasteiger partial charge in [-0.05, 0) is 25.0 Å². The van der Waals surface area contributed by atoms with E-state index in [0.717, 1.165) is 24.7 Å². The van der Waals surface area contributed by atoms with Crippen LogP contribution in [0.5, 0.6) is 5.75 Å². The topological polar surface area (TPSA) is 26.3 Å². The Balaban J connectivity index is 2.47. The predicted octanol–water partition coefficient (Wildman–Crippen LogP) is 2.58. The molecule has 2 rings (SSSR count). The molecule has 1 saturated carbocycles. The summed E-state index contributed by atoms with van der Waals surface area (Å²) in [4.78, 5) is 11.0. The number of carbonyl (C=O) groups excluding carboxylic acids is 1. The zero-order chi connectivity index (χ0) is 10.2. The van der Waals surface area contributed by atoms with Crippen molar-refractivity contribution < 1.29 is 9.53 Å². The summed E-state index contributed by atoms with van der Waals surface area (Å²) >= 11 is 5.84. The standard InChI is InChI=1S/C11H11ClO2/c1-14-10-6-8(12)2-3-9(10)11(7-13)4-5-11/h2-3,6-7H,4-5H2,1H3. The van der Waals surface area contributed by atoms with Gasteiger partial charge in [0.15, 0.2) is 0 Å². The molecule has 0 aromatic heterocycles. The highest BCUT2D eigenvalue weighted by Crippen LogP contribution is 2.49. The summed E-state index contributed by atoms with van der Waals surface area (Å²) in [6.07, 6.45) is 2.84. The maximum Gasteiger partial charge on any atom is 0.130 e. The average molecular weight is 211 g/mol. The Morgan fingerprint density at radius 2 is 2.21 bits per heavy atom. The first-order valence-electron chi connectivity index (χ1n) is 4.52. The highest BCUT2D eigenvalue weighted by Gasteiger charge is 2.46. The Labute approximate surface area is 87.8 Å². The third kappa shape index (κ3) is 1.40. The van der Waals surface area contributed by atoms with Gasteiger partial charge in [0.1, 0.15) is 12.0 Å². The second-order valence-corrected chi connectivity index (χ2v) is 4.06. The molecule has 0 unspecified atom stereocenters. The third-order valence-corrected chi connectivity index (χ3v) is 2.95. The van der Waals surface area contributed by atoms with Crippen LogP contribution in [-0.4, -0.2) is 13.4 Å².